The average molecular weight is 161 g/mol. The zero-order chi connectivity index (χ0) is 8.32. The number of carbonyl (C=O) groups is 1. The summed E-state index contributed by atoms with van der Waals surface area (Å²) in [6, 6.07) is 0. The molecule has 0 aliphatic carbocycles. The Morgan fingerprint density at radius 2 is 2.18 bits per heavy atom. The van der Waals surface area contributed by atoms with Crippen LogP contribution < -0.4 is 5.32 Å². The van der Waals surface area contributed by atoms with Gasteiger partial charge in [0.1, 0.15) is 12.5 Å². The van der Waals surface area contributed by atoms with Crippen molar-refractivity contribution >= 4 is 6.09 Å². The van der Waals surface area contributed by atoms with Crippen molar-refractivity contribution in [3.05, 3.63) is 12.5 Å². The minimum absolute atomic E-state index is 0.851. The zero-order valence-electron chi connectivity index (χ0n) is 5.73. The Labute approximate surface area is 62.3 Å². The highest BCUT2D eigenvalue weighted by molar-refractivity contribution is 5.67. The largest absolute Gasteiger partial charge is 0.470 e. The van der Waals surface area contributed by atoms with Gasteiger partial charge in [-0.3, -0.25) is 0 Å². The van der Waals surface area contributed by atoms with Gasteiger partial charge in [-0.1, -0.05) is 0 Å². The van der Waals surface area contributed by atoms with Gasteiger partial charge in [0.15, 0.2) is 0 Å². The molecule has 1 aliphatic rings. The average Bonchev–Trinajstić information content (AvgIpc) is 2.36. The van der Waals surface area contributed by atoms with E-state index < -0.39 is 12.2 Å². The number of carbonyl (C=O) groups excluding carboxylic acids is 1. The highest BCUT2D eigenvalue weighted by atomic mass is 16.9. The van der Waals surface area contributed by atoms with Crippen molar-refractivity contribution < 1.29 is 24.1 Å². The Hall–Kier alpha value is -1.43. The molecule has 62 valence electrons. The van der Waals surface area contributed by atoms with E-state index >= 15 is 0 Å². The molecular formula is C5H7NO5. The SMILES string of the molecule is COC(=O)NC1(O)OC=CO1. The fraction of sp³-hybridized carbons (Fsp3) is 0.400. The quantitative estimate of drug-likeness (QED) is 0.505. The van der Waals surface area contributed by atoms with Crippen molar-refractivity contribution in [2.24, 2.45) is 0 Å². The third kappa shape index (κ3) is 1.74. The van der Waals surface area contributed by atoms with Crippen molar-refractivity contribution in [3.63, 3.8) is 0 Å². The van der Waals surface area contributed by atoms with E-state index in [0.29, 0.717) is 0 Å². The molecule has 0 unspecified atom stereocenters. The van der Waals surface area contributed by atoms with Crippen LogP contribution in [-0.2, 0) is 14.2 Å². The molecule has 2 N–H and O–H groups in total. The maximum absolute atomic E-state index is 10.5. The number of rotatable bonds is 1. The molecule has 6 nitrogen and oxygen atoms in total. The summed E-state index contributed by atoms with van der Waals surface area (Å²) in [5.74, 6) is 0. The molecule has 0 spiro atoms. The van der Waals surface area contributed by atoms with E-state index in [-0.39, 0.29) is 0 Å². The van der Waals surface area contributed by atoms with Crippen LogP contribution in [0.15, 0.2) is 12.5 Å². The Balaban J connectivity index is 2.41. The predicted molar refractivity (Wildman–Crippen MR) is 31.8 cm³/mol. The van der Waals surface area contributed by atoms with Gasteiger partial charge in [-0.05, 0) is 0 Å². The maximum atomic E-state index is 10.5. The Morgan fingerprint density at radius 3 is 2.64 bits per heavy atom. The highest BCUT2D eigenvalue weighted by Crippen LogP contribution is 2.12. The lowest BCUT2D eigenvalue weighted by molar-refractivity contribution is -0.307. The lowest BCUT2D eigenvalue weighted by Crippen LogP contribution is -2.49. The maximum Gasteiger partial charge on any atom is 0.470 e. The predicted octanol–water partition coefficient (Wildman–Crippen LogP) is -0.536. The van der Waals surface area contributed by atoms with E-state index in [1.54, 1.807) is 0 Å². The number of hydrogen-bond acceptors (Lipinski definition) is 5. The van der Waals surface area contributed by atoms with Gasteiger partial charge >= 0.3 is 12.2 Å². The molecule has 0 aromatic heterocycles. The van der Waals surface area contributed by atoms with Crippen molar-refractivity contribution in [3.8, 4) is 0 Å². The fourth-order valence-corrected chi connectivity index (χ4v) is 0.507. The molecule has 0 atom stereocenters. The summed E-state index contributed by atoms with van der Waals surface area (Å²) in [5, 5.41) is 11.0. The zero-order valence-corrected chi connectivity index (χ0v) is 5.73. The van der Waals surface area contributed by atoms with Gasteiger partial charge in [0, 0.05) is 0 Å². The van der Waals surface area contributed by atoms with Crippen LogP contribution in [0.2, 0.25) is 0 Å². The van der Waals surface area contributed by atoms with Crippen LogP contribution >= 0.6 is 0 Å². The second kappa shape index (κ2) is 2.67. The molecule has 11 heavy (non-hydrogen) atoms. The van der Waals surface area contributed by atoms with Gasteiger partial charge in [-0.25, -0.2) is 10.1 Å². The van der Waals surface area contributed by atoms with E-state index in [1.165, 1.54) is 0 Å². The van der Waals surface area contributed by atoms with Gasteiger partial charge in [0.05, 0.1) is 7.11 Å². The first-order valence-corrected chi connectivity index (χ1v) is 2.75. The van der Waals surface area contributed by atoms with E-state index in [4.69, 9.17) is 5.11 Å². The summed E-state index contributed by atoms with van der Waals surface area (Å²) < 4.78 is 13.1. The number of ether oxygens (including phenoxy) is 3. The van der Waals surface area contributed by atoms with E-state index in [1.807, 2.05) is 5.32 Å². The van der Waals surface area contributed by atoms with Crippen LogP contribution in [0.1, 0.15) is 0 Å². The molecule has 0 aromatic rings. The first kappa shape index (κ1) is 7.67. The van der Waals surface area contributed by atoms with Crippen LogP contribution in [0.25, 0.3) is 0 Å². The third-order valence-electron chi connectivity index (χ3n) is 0.957. The van der Waals surface area contributed by atoms with Crippen LogP contribution in [-0.4, -0.2) is 24.4 Å². The smallest absolute Gasteiger partial charge is 0.453 e. The standard InChI is InChI=1S/C5H7NO5/c1-9-4(7)6-5(8)10-2-3-11-5/h2-3,8H,1H3,(H,6,7). The third-order valence-corrected chi connectivity index (χ3v) is 0.957. The van der Waals surface area contributed by atoms with Gasteiger partial charge in [0.2, 0.25) is 0 Å². The summed E-state index contributed by atoms with van der Waals surface area (Å²) in [6.45, 7) is 0. The summed E-state index contributed by atoms with van der Waals surface area (Å²) >= 11 is 0. The molecule has 1 rings (SSSR count). The second-order valence-electron chi connectivity index (χ2n) is 1.71. The number of amides is 1. The normalized spacial score (nSPS) is 18.4. The van der Waals surface area contributed by atoms with Crippen LogP contribution in [0.3, 0.4) is 0 Å². The van der Waals surface area contributed by atoms with Crippen molar-refractivity contribution in [2.45, 2.75) is 6.10 Å². The Bertz CT molecular complexity index is 181. The Morgan fingerprint density at radius 1 is 1.64 bits per heavy atom. The molecule has 0 bridgehead atoms. The molecule has 0 aromatic carbocycles. The molecule has 0 saturated carbocycles. The van der Waals surface area contributed by atoms with Gasteiger partial charge in [-0.2, -0.15) is 0 Å². The topological polar surface area (TPSA) is 77.0 Å². The lowest BCUT2D eigenvalue weighted by atomic mass is 10.9. The van der Waals surface area contributed by atoms with Gasteiger partial charge < -0.3 is 19.3 Å². The summed E-state index contributed by atoms with van der Waals surface area (Å²) in [6.07, 6.45) is -0.782. The van der Waals surface area contributed by atoms with Crippen molar-refractivity contribution in [1.82, 2.24) is 5.32 Å². The lowest BCUT2D eigenvalue weighted by Gasteiger charge is -2.19. The van der Waals surface area contributed by atoms with E-state index in [9.17, 15) is 4.79 Å². The fourth-order valence-electron chi connectivity index (χ4n) is 0.507. The highest BCUT2D eigenvalue weighted by Gasteiger charge is 2.35. The summed E-state index contributed by atoms with van der Waals surface area (Å²) in [4.78, 5) is 10.5. The van der Waals surface area contributed by atoms with Crippen LogP contribution in [0, 0.1) is 0 Å². The molecule has 1 amide bonds. The van der Waals surface area contributed by atoms with Gasteiger partial charge in [-0.15, -0.1) is 0 Å². The molecule has 6 heteroatoms. The van der Waals surface area contributed by atoms with Gasteiger partial charge in [0.25, 0.3) is 0 Å². The number of aliphatic hydroxyl groups is 1. The number of alkyl carbamates (subject to hydrolysis) is 1. The molecule has 0 saturated heterocycles. The molecular weight excluding hydrogens is 154 g/mol. The molecule has 1 heterocycles. The van der Waals surface area contributed by atoms with Crippen LogP contribution in [0.4, 0.5) is 4.79 Å². The molecule has 1 aliphatic heterocycles. The second-order valence-corrected chi connectivity index (χ2v) is 1.71. The summed E-state index contributed by atoms with van der Waals surface area (Å²) in [5.41, 5.74) is 0. The summed E-state index contributed by atoms with van der Waals surface area (Å²) in [7, 11) is 1.15. The van der Waals surface area contributed by atoms with Crippen molar-refractivity contribution in [1.29, 1.82) is 0 Å². The first-order chi connectivity index (χ1) is 5.16. The molecule has 0 fully saturated rings. The first-order valence-electron chi connectivity index (χ1n) is 2.75. The Kier molecular flexibility index (Phi) is 1.86. The van der Waals surface area contributed by atoms with Crippen LogP contribution in [0.5, 0.6) is 0 Å². The number of methoxy groups -OCH3 is 1. The minimum Gasteiger partial charge on any atom is -0.453 e. The monoisotopic (exact) mass is 161 g/mol. The van der Waals surface area contributed by atoms with E-state index in [2.05, 4.69) is 14.2 Å². The number of nitrogens with one attached hydrogen (secondary N) is 1. The van der Waals surface area contributed by atoms with E-state index in [0.717, 1.165) is 19.6 Å². The van der Waals surface area contributed by atoms with Crippen molar-refractivity contribution in [2.75, 3.05) is 7.11 Å². The minimum atomic E-state index is -2.12. The number of hydrogen-bond donors (Lipinski definition) is 2. The molecule has 0 radical (unpaired) electrons.